The number of aromatic nitrogens is 3. The first-order chi connectivity index (χ1) is 12.7. The predicted molar refractivity (Wildman–Crippen MR) is 94.4 cm³/mol. The van der Waals surface area contributed by atoms with Crippen LogP contribution in [0.25, 0.3) is 5.69 Å². The number of hydrogen-bond donors (Lipinski definition) is 0. The highest BCUT2D eigenvalue weighted by Crippen LogP contribution is 2.33. The summed E-state index contributed by atoms with van der Waals surface area (Å²) in [5.41, 5.74) is 2.15. The molecule has 1 saturated heterocycles. The molecule has 3 heterocycles. The average Bonchev–Trinajstić information content (AvgIpc) is 3.41. The Bertz CT molecular complexity index is 930. The number of aryl methyl sites for hydroxylation is 1. The van der Waals surface area contributed by atoms with Gasteiger partial charge in [0.05, 0.1) is 30.6 Å². The molecule has 2 aromatic heterocycles. The van der Waals surface area contributed by atoms with Gasteiger partial charge in [0.25, 0.3) is 5.91 Å². The molecule has 0 spiro atoms. The summed E-state index contributed by atoms with van der Waals surface area (Å²) in [4.78, 5) is 14.9. The van der Waals surface area contributed by atoms with Crippen molar-refractivity contribution >= 4 is 5.91 Å². The number of nitrogens with zero attached hydrogens (tertiary/aromatic N) is 4. The zero-order valence-corrected chi connectivity index (χ0v) is 14.8. The van der Waals surface area contributed by atoms with Gasteiger partial charge >= 0.3 is 0 Å². The molecule has 0 radical (unpaired) electrons. The molecule has 1 fully saturated rings. The smallest absolute Gasteiger partial charge is 0.257 e. The number of para-hydroxylation sites is 2. The first-order valence-electron chi connectivity index (χ1n) is 8.59. The minimum atomic E-state index is -0.0710. The minimum Gasteiger partial charge on any atom is -0.494 e. The maximum atomic E-state index is 13.0. The van der Waals surface area contributed by atoms with E-state index in [0.29, 0.717) is 17.9 Å². The lowest BCUT2D eigenvalue weighted by molar-refractivity contribution is 0.0714. The summed E-state index contributed by atoms with van der Waals surface area (Å²) in [5.74, 6) is 1.39. The molecule has 1 atom stereocenters. The number of methoxy groups -OCH3 is 1. The van der Waals surface area contributed by atoms with Gasteiger partial charge in [-0.25, -0.2) is 4.68 Å². The van der Waals surface area contributed by atoms with E-state index in [1.54, 1.807) is 24.2 Å². The monoisotopic (exact) mass is 352 g/mol. The highest BCUT2D eigenvalue weighted by atomic mass is 16.5. The van der Waals surface area contributed by atoms with Gasteiger partial charge in [-0.05, 0) is 31.9 Å². The Kier molecular flexibility index (Phi) is 4.20. The highest BCUT2D eigenvalue weighted by molar-refractivity contribution is 5.94. The lowest BCUT2D eigenvalue weighted by Crippen LogP contribution is -2.30. The second kappa shape index (κ2) is 6.67. The van der Waals surface area contributed by atoms with Crippen molar-refractivity contribution in [2.24, 2.45) is 0 Å². The lowest BCUT2D eigenvalue weighted by atomic mass is 10.1. The van der Waals surface area contributed by atoms with E-state index in [1.807, 2.05) is 42.2 Å². The Hall–Kier alpha value is -3.09. The highest BCUT2D eigenvalue weighted by Gasteiger charge is 2.33. The quantitative estimate of drug-likeness (QED) is 0.721. The van der Waals surface area contributed by atoms with Crippen LogP contribution in [0.3, 0.4) is 0 Å². The standard InChI is InChI=1S/C19H20N4O3/c1-13-10-18(26-21-13)15-7-5-9-22(15)19(24)14-11-20-23(12-14)16-6-3-4-8-17(16)25-2/h3-4,6,8,10-12,15H,5,7,9H2,1-2H3/t15-/m1/s1. The topological polar surface area (TPSA) is 73.4 Å². The summed E-state index contributed by atoms with van der Waals surface area (Å²) in [6.45, 7) is 2.58. The van der Waals surface area contributed by atoms with Gasteiger partial charge in [-0.3, -0.25) is 4.79 Å². The van der Waals surface area contributed by atoms with E-state index in [9.17, 15) is 4.79 Å². The molecule has 4 rings (SSSR count). The SMILES string of the molecule is COc1ccccc1-n1cc(C(=O)N2CCC[C@@H]2c2cc(C)no2)cn1. The fraction of sp³-hybridized carbons (Fsp3) is 0.316. The summed E-state index contributed by atoms with van der Waals surface area (Å²) in [5, 5.41) is 8.29. The van der Waals surface area contributed by atoms with Crippen molar-refractivity contribution in [1.82, 2.24) is 19.8 Å². The molecule has 0 aliphatic carbocycles. The van der Waals surface area contributed by atoms with Gasteiger partial charge < -0.3 is 14.2 Å². The van der Waals surface area contributed by atoms with Gasteiger partial charge in [0, 0.05) is 18.8 Å². The van der Waals surface area contributed by atoms with Crippen molar-refractivity contribution in [3.8, 4) is 11.4 Å². The molecule has 1 aliphatic heterocycles. The third-order valence-electron chi connectivity index (χ3n) is 4.65. The molecule has 3 aromatic rings. The van der Waals surface area contributed by atoms with Gasteiger partial charge in [-0.1, -0.05) is 17.3 Å². The van der Waals surface area contributed by atoms with Gasteiger partial charge in [0.1, 0.15) is 11.4 Å². The van der Waals surface area contributed by atoms with Crippen molar-refractivity contribution < 1.29 is 14.1 Å². The van der Waals surface area contributed by atoms with Crippen LogP contribution in [0.2, 0.25) is 0 Å². The lowest BCUT2D eigenvalue weighted by Gasteiger charge is -2.21. The normalized spacial score (nSPS) is 16.8. The van der Waals surface area contributed by atoms with E-state index < -0.39 is 0 Å². The molecule has 0 N–H and O–H groups in total. The van der Waals surface area contributed by atoms with E-state index in [0.717, 1.165) is 30.0 Å². The zero-order chi connectivity index (χ0) is 18.1. The molecule has 1 amide bonds. The second-order valence-corrected chi connectivity index (χ2v) is 6.37. The largest absolute Gasteiger partial charge is 0.494 e. The van der Waals surface area contributed by atoms with Crippen LogP contribution in [0, 0.1) is 6.92 Å². The van der Waals surface area contributed by atoms with E-state index in [1.165, 1.54) is 0 Å². The van der Waals surface area contributed by atoms with Crippen LogP contribution in [0.15, 0.2) is 47.2 Å². The number of carbonyl (C=O) groups excluding carboxylic acids is 1. The Morgan fingerprint density at radius 1 is 1.35 bits per heavy atom. The number of carbonyl (C=O) groups is 1. The Balaban J connectivity index is 1.60. The number of hydrogen-bond acceptors (Lipinski definition) is 5. The van der Waals surface area contributed by atoms with Crippen LogP contribution in [0.4, 0.5) is 0 Å². The molecule has 0 bridgehead atoms. The summed E-state index contributed by atoms with van der Waals surface area (Å²) >= 11 is 0. The Morgan fingerprint density at radius 3 is 2.96 bits per heavy atom. The Morgan fingerprint density at radius 2 is 2.19 bits per heavy atom. The van der Waals surface area contributed by atoms with Crippen LogP contribution in [-0.2, 0) is 0 Å². The van der Waals surface area contributed by atoms with Crippen molar-refractivity contribution in [3.63, 3.8) is 0 Å². The molecule has 134 valence electrons. The molecule has 7 heteroatoms. The summed E-state index contributed by atoms with van der Waals surface area (Å²) in [6.07, 6.45) is 5.15. The summed E-state index contributed by atoms with van der Waals surface area (Å²) in [7, 11) is 1.61. The number of ether oxygens (including phenoxy) is 1. The molecule has 26 heavy (non-hydrogen) atoms. The molecule has 0 saturated carbocycles. The minimum absolute atomic E-state index is 0.0531. The third-order valence-corrected chi connectivity index (χ3v) is 4.65. The van der Waals surface area contributed by atoms with Crippen molar-refractivity contribution in [3.05, 3.63) is 59.7 Å². The second-order valence-electron chi connectivity index (χ2n) is 6.37. The fourth-order valence-electron chi connectivity index (χ4n) is 3.40. The Labute approximate surface area is 151 Å². The maximum Gasteiger partial charge on any atom is 0.257 e. The first kappa shape index (κ1) is 16.4. The first-order valence-corrected chi connectivity index (χ1v) is 8.59. The van der Waals surface area contributed by atoms with Gasteiger partial charge in [0.15, 0.2) is 5.76 Å². The summed E-state index contributed by atoms with van der Waals surface area (Å²) < 4.78 is 12.4. The van der Waals surface area contributed by atoms with Crippen LogP contribution < -0.4 is 4.74 Å². The van der Waals surface area contributed by atoms with E-state index >= 15 is 0 Å². The maximum absolute atomic E-state index is 13.0. The number of rotatable bonds is 4. The molecule has 1 aromatic carbocycles. The number of likely N-dealkylation sites (tertiary alicyclic amines) is 1. The van der Waals surface area contributed by atoms with Crippen LogP contribution in [0.5, 0.6) is 5.75 Å². The van der Waals surface area contributed by atoms with E-state index in [2.05, 4.69) is 10.3 Å². The van der Waals surface area contributed by atoms with Crippen LogP contribution in [-0.4, -0.2) is 39.4 Å². The molecule has 1 aliphatic rings. The third kappa shape index (κ3) is 2.85. The van der Waals surface area contributed by atoms with Crippen molar-refractivity contribution in [1.29, 1.82) is 0 Å². The van der Waals surface area contributed by atoms with Crippen molar-refractivity contribution in [2.45, 2.75) is 25.8 Å². The van der Waals surface area contributed by atoms with Gasteiger partial charge in [-0.15, -0.1) is 0 Å². The van der Waals surface area contributed by atoms with Crippen molar-refractivity contribution in [2.75, 3.05) is 13.7 Å². The number of amides is 1. The molecular weight excluding hydrogens is 332 g/mol. The fourth-order valence-corrected chi connectivity index (χ4v) is 3.40. The van der Waals surface area contributed by atoms with E-state index in [4.69, 9.17) is 9.26 Å². The number of benzene rings is 1. The van der Waals surface area contributed by atoms with E-state index in [-0.39, 0.29) is 11.9 Å². The summed E-state index contributed by atoms with van der Waals surface area (Å²) in [6, 6.07) is 9.39. The molecule has 0 unspecified atom stereocenters. The van der Waals surface area contributed by atoms with Crippen LogP contribution in [0.1, 0.15) is 40.7 Å². The zero-order valence-electron chi connectivity index (χ0n) is 14.8. The van der Waals surface area contributed by atoms with Gasteiger partial charge in [-0.2, -0.15) is 5.10 Å². The molecule has 7 nitrogen and oxygen atoms in total. The molecular formula is C19H20N4O3. The predicted octanol–water partition coefficient (Wildman–Crippen LogP) is 3.15. The van der Waals surface area contributed by atoms with Crippen LogP contribution >= 0.6 is 0 Å². The average molecular weight is 352 g/mol. The van der Waals surface area contributed by atoms with Gasteiger partial charge in [0.2, 0.25) is 0 Å².